The lowest BCUT2D eigenvalue weighted by Gasteiger charge is -2.14. The fraction of sp³-hybridized carbons (Fsp3) is 0.111. The molecule has 8 nitrogen and oxygen atoms in total. The van der Waals surface area contributed by atoms with Gasteiger partial charge in [-0.1, -0.05) is 18.2 Å². The van der Waals surface area contributed by atoms with Crippen molar-refractivity contribution >= 4 is 26.8 Å². The first-order valence-electron chi connectivity index (χ1n) is 7.82. The summed E-state index contributed by atoms with van der Waals surface area (Å²) in [4.78, 5) is 15.4. The number of hydrogen-bond acceptors (Lipinski definition) is 6. The predicted octanol–water partition coefficient (Wildman–Crippen LogP) is 2.65. The third-order valence-electron chi connectivity index (χ3n) is 3.91. The van der Waals surface area contributed by atoms with Gasteiger partial charge in [-0.2, -0.15) is 8.42 Å². The van der Waals surface area contributed by atoms with Gasteiger partial charge in [-0.3, -0.25) is 9.35 Å². The van der Waals surface area contributed by atoms with Gasteiger partial charge in [-0.25, -0.2) is 4.98 Å². The van der Waals surface area contributed by atoms with Crippen molar-refractivity contribution in [3.05, 3.63) is 53.9 Å². The maximum absolute atomic E-state index is 11.9. The highest BCUT2D eigenvalue weighted by Crippen LogP contribution is 2.38. The van der Waals surface area contributed by atoms with Gasteiger partial charge in [0.2, 0.25) is 0 Å². The van der Waals surface area contributed by atoms with E-state index in [-0.39, 0.29) is 27.9 Å². The van der Waals surface area contributed by atoms with Gasteiger partial charge < -0.3 is 15.2 Å². The van der Waals surface area contributed by atoms with Crippen molar-refractivity contribution in [1.29, 1.82) is 0 Å². The second-order valence-corrected chi connectivity index (χ2v) is 7.10. The Morgan fingerprint density at radius 3 is 2.41 bits per heavy atom. The number of pyridine rings is 1. The van der Waals surface area contributed by atoms with Gasteiger partial charge in [-0.05, 0) is 25.1 Å². The van der Waals surface area contributed by atoms with Crippen molar-refractivity contribution in [3.8, 4) is 17.2 Å². The molecule has 0 radical (unpaired) electrons. The smallest absolute Gasteiger partial charge is 0.295 e. The summed E-state index contributed by atoms with van der Waals surface area (Å²) in [5, 5.41) is 12.8. The monoisotopic (exact) mass is 388 g/mol. The lowest BCUT2D eigenvalue weighted by atomic mass is 10.1. The molecule has 1 aromatic heterocycles. The fourth-order valence-corrected chi connectivity index (χ4v) is 3.41. The van der Waals surface area contributed by atoms with E-state index in [1.807, 2.05) is 0 Å². The maximum atomic E-state index is 11.9. The van der Waals surface area contributed by atoms with Crippen LogP contribution in [0.3, 0.4) is 0 Å². The molecule has 0 saturated carbocycles. The largest absolute Gasteiger partial charge is 0.505 e. The topological polar surface area (TPSA) is 126 Å². The van der Waals surface area contributed by atoms with Gasteiger partial charge in [0, 0.05) is 29.6 Å². The van der Waals surface area contributed by atoms with E-state index < -0.39 is 26.7 Å². The molecule has 2 aromatic carbocycles. The summed E-state index contributed by atoms with van der Waals surface area (Å²) < 4.78 is 39.2. The van der Waals surface area contributed by atoms with Gasteiger partial charge in [0.15, 0.2) is 11.4 Å². The van der Waals surface area contributed by atoms with E-state index in [9.17, 15) is 22.9 Å². The minimum absolute atomic E-state index is 0.123. The number of fused-ring (bicyclic) bond motifs is 1. The first kappa shape index (κ1) is 18.6. The first-order valence-corrected chi connectivity index (χ1v) is 9.26. The van der Waals surface area contributed by atoms with E-state index in [2.05, 4.69) is 10.3 Å². The van der Waals surface area contributed by atoms with Crippen LogP contribution >= 0.6 is 0 Å². The van der Waals surface area contributed by atoms with Crippen molar-refractivity contribution in [1.82, 2.24) is 10.3 Å². The number of nitrogens with one attached hydrogen (secondary N) is 1. The summed E-state index contributed by atoms with van der Waals surface area (Å²) in [5.74, 6) is -0.759. The summed E-state index contributed by atoms with van der Waals surface area (Å²) in [6, 6.07) is 11.2. The molecule has 0 atom stereocenters. The van der Waals surface area contributed by atoms with Crippen LogP contribution in [-0.2, 0) is 10.1 Å². The number of ether oxygens (including phenoxy) is 1. The molecule has 0 unspecified atom stereocenters. The highest BCUT2D eigenvalue weighted by atomic mass is 32.2. The van der Waals surface area contributed by atoms with Gasteiger partial charge in [-0.15, -0.1) is 0 Å². The number of aromatic hydroxyl groups is 1. The fourth-order valence-electron chi connectivity index (χ4n) is 2.68. The molecular formula is C18H16N2O6S. The zero-order valence-electron chi connectivity index (χ0n) is 14.4. The number of amides is 1. The maximum Gasteiger partial charge on any atom is 0.295 e. The Kier molecular flexibility index (Phi) is 4.73. The van der Waals surface area contributed by atoms with Gasteiger partial charge in [0.25, 0.3) is 16.0 Å². The van der Waals surface area contributed by atoms with Crippen molar-refractivity contribution in [2.75, 3.05) is 7.05 Å². The first-order chi connectivity index (χ1) is 12.7. The SMILES string of the molecule is CNC(=O)c1nc(C)c2cc(Oc3ccccc3)cc(S(=O)(=O)O)c2c1O. The molecule has 1 heterocycles. The molecule has 27 heavy (non-hydrogen) atoms. The quantitative estimate of drug-likeness (QED) is 0.587. The molecule has 0 bridgehead atoms. The Morgan fingerprint density at radius 1 is 1.15 bits per heavy atom. The number of nitrogens with zero attached hydrogens (tertiary/aromatic N) is 1. The van der Waals surface area contributed by atoms with Crippen LogP contribution < -0.4 is 10.1 Å². The van der Waals surface area contributed by atoms with Crippen LogP contribution in [-0.4, -0.2) is 36.0 Å². The van der Waals surface area contributed by atoms with E-state index in [4.69, 9.17) is 4.74 Å². The second-order valence-electron chi connectivity index (χ2n) is 5.71. The van der Waals surface area contributed by atoms with Crippen molar-refractivity contribution in [2.24, 2.45) is 0 Å². The van der Waals surface area contributed by atoms with E-state index in [1.165, 1.54) is 13.1 Å². The van der Waals surface area contributed by atoms with E-state index in [0.29, 0.717) is 5.75 Å². The Hall–Kier alpha value is -3.17. The number of carbonyl (C=O) groups excluding carboxylic acids is 1. The summed E-state index contributed by atoms with van der Waals surface area (Å²) in [7, 11) is -3.38. The van der Waals surface area contributed by atoms with Crippen LogP contribution in [0.2, 0.25) is 0 Å². The molecule has 0 aliphatic carbocycles. The van der Waals surface area contributed by atoms with Crippen LogP contribution in [0.15, 0.2) is 47.4 Å². The lowest BCUT2D eigenvalue weighted by Crippen LogP contribution is -2.20. The number of para-hydroxylation sites is 1. The highest BCUT2D eigenvalue weighted by Gasteiger charge is 2.25. The Morgan fingerprint density at radius 2 is 1.81 bits per heavy atom. The number of aromatic nitrogens is 1. The van der Waals surface area contributed by atoms with Crippen molar-refractivity contribution in [2.45, 2.75) is 11.8 Å². The molecule has 1 amide bonds. The summed E-state index contributed by atoms with van der Waals surface area (Å²) in [6.07, 6.45) is 0. The Labute approximate surface area is 155 Å². The van der Waals surface area contributed by atoms with Gasteiger partial charge in [0.05, 0.1) is 0 Å². The van der Waals surface area contributed by atoms with Crippen LogP contribution in [0.4, 0.5) is 0 Å². The minimum atomic E-state index is -4.73. The van der Waals surface area contributed by atoms with E-state index in [0.717, 1.165) is 6.07 Å². The standard InChI is InChI=1S/C18H16N2O6S/c1-10-13-8-12(26-11-6-4-3-5-7-11)9-14(27(23,24)25)15(13)17(21)16(20-10)18(22)19-2/h3-9,21H,1-2H3,(H,19,22)(H,23,24,25). The number of carbonyl (C=O) groups is 1. The van der Waals surface area contributed by atoms with E-state index in [1.54, 1.807) is 37.3 Å². The van der Waals surface area contributed by atoms with Crippen molar-refractivity contribution in [3.63, 3.8) is 0 Å². The Balaban J connectivity index is 2.33. The molecule has 0 aliphatic heterocycles. The molecule has 9 heteroatoms. The van der Waals surface area contributed by atoms with E-state index >= 15 is 0 Å². The van der Waals surface area contributed by atoms with Crippen LogP contribution in [0.5, 0.6) is 17.2 Å². The predicted molar refractivity (Wildman–Crippen MR) is 97.9 cm³/mol. The molecule has 3 aromatic rings. The third kappa shape index (κ3) is 3.55. The Bertz CT molecular complexity index is 1140. The molecule has 3 N–H and O–H groups in total. The summed E-state index contributed by atoms with van der Waals surface area (Å²) in [6.45, 7) is 1.55. The number of hydrogen-bond donors (Lipinski definition) is 3. The normalized spacial score (nSPS) is 11.4. The third-order valence-corrected chi connectivity index (χ3v) is 4.78. The zero-order valence-corrected chi connectivity index (χ0v) is 15.2. The average molecular weight is 388 g/mol. The lowest BCUT2D eigenvalue weighted by molar-refractivity contribution is 0.0955. The molecule has 140 valence electrons. The number of rotatable bonds is 4. The highest BCUT2D eigenvalue weighted by molar-refractivity contribution is 7.86. The van der Waals surface area contributed by atoms with Gasteiger partial charge in [0.1, 0.15) is 16.4 Å². The summed E-state index contributed by atoms with van der Waals surface area (Å²) in [5.41, 5.74) is -0.0612. The summed E-state index contributed by atoms with van der Waals surface area (Å²) >= 11 is 0. The van der Waals surface area contributed by atoms with Crippen LogP contribution in [0, 0.1) is 6.92 Å². The van der Waals surface area contributed by atoms with Gasteiger partial charge >= 0.3 is 0 Å². The number of aryl methyl sites for hydroxylation is 1. The molecule has 0 saturated heterocycles. The second kappa shape index (κ2) is 6.86. The molecule has 0 fully saturated rings. The molecule has 3 rings (SSSR count). The minimum Gasteiger partial charge on any atom is -0.505 e. The molecular weight excluding hydrogens is 372 g/mol. The average Bonchev–Trinajstić information content (AvgIpc) is 2.63. The molecule has 0 aliphatic rings. The van der Waals surface area contributed by atoms with Crippen molar-refractivity contribution < 1.29 is 27.6 Å². The number of benzene rings is 2. The zero-order chi connectivity index (χ0) is 19.8. The molecule has 0 spiro atoms. The van der Waals surface area contributed by atoms with Crippen LogP contribution in [0.1, 0.15) is 16.2 Å². The van der Waals surface area contributed by atoms with Crippen LogP contribution in [0.25, 0.3) is 10.8 Å².